The number of aliphatic hydroxyl groups is 2. The Morgan fingerprint density at radius 2 is 1.62 bits per heavy atom. The van der Waals surface area contributed by atoms with E-state index in [1.807, 2.05) is 0 Å². The lowest BCUT2D eigenvalue weighted by Crippen LogP contribution is -2.66. The van der Waals surface area contributed by atoms with Crippen LogP contribution in [0, 0.1) is 0 Å². The molecule has 1 heterocycles. The molecule has 1 aliphatic heterocycles. The van der Waals surface area contributed by atoms with Crippen molar-refractivity contribution in [2.24, 2.45) is 0 Å². The van der Waals surface area contributed by atoms with E-state index in [0.717, 1.165) is 0 Å². The normalized spacial score (nSPS) is 34.8. The van der Waals surface area contributed by atoms with Gasteiger partial charge in [-0.3, -0.25) is 0 Å². The molecule has 3 N–H and O–H groups in total. The summed E-state index contributed by atoms with van der Waals surface area (Å²) < 4.78 is 16.3. The quantitative estimate of drug-likeness (QED) is 0.680. The first-order valence-electron chi connectivity index (χ1n) is 6.88. The van der Waals surface area contributed by atoms with E-state index in [9.17, 15) is 20.1 Å². The van der Waals surface area contributed by atoms with Crippen LogP contribution in [0.15, 0.2) is 0 Å². The number of hydrogen-bond donors (Lipinski definition) is 3. The highest BCUT2D eigenvalue weighted by atomic mass is 16.6. The summed E-state index contributed by atoms with van der Waals surface area (Å²) >= 11 is 0. The molecule has 21 heavy (non-hydrogen) atoms. The molecule has 7 nitrogen and oxygen atoms in total. The minimum atomic E-state index is -1.39. The molecule has 0 aromatic rings. The summed E-state index contributed by atoms with van der Waals surface area (Å²) in [6, 6.07) is 0. The molecule has 0 aromatic heterocycles. The highest BCUT2D eigenvalue weighted by molar-refractivity contribution is 5.73. The summed E-state index contributed by atoms with van der Waals surface area (Å²) in [4.78, 5) is 11.4. The Labute approximate surface area is 124 Å². The molecule has 0 aromatic carbocycles. The van der Waals surface area contributed by atoms with Crippen LogP contribution >= 0.6 is 0 Å². The van der Waals surface area contributed by atoms with Gasteiger partial charge in [-0.15, -0.1) is 0 Å². The van der Waals surface area contributed by atoms with Gasteiger partial charge in [-0.25, -0.2) is 4.79 Å². The second kappa shape index (κ2) is 6.18. The molecule has 0 amide bonds. The van der Waals surface area contributed by atoms with Gasteiger partial charge < -0.3 is 29.5 Å². The van der Waals surface area contributed by atoms with Gasteiger partial charge in [0.1, 0.15) is 24.4 Å². The fraction of sp³-hybridized carbons (Fsp3) is 0.929. The van der Waals surface area contributed by atoms with E-state index in [1.165, 1.54) is 7.11 Å². The molecule has 0 spiro atoms. The van der Waals surface area contributed by atoms with Crippen LogP contribution in [0.3, 0.4) is 0 Å². The fourth-order valence-corrected chi connectivity index (χ4v) is 2.30. The van der Waals surface area contributed by atoms with Gasteiger partial charge in [-0.05, 0) is 34.6 Å². The highest BCUT2D eigenvalue weighted by Crippen LogP contribution is 2.33. The first-order valence-corrected chi connectivity index (χ1v) is 6.88. The van der Waals surface area contributed by atoms with Crippen molar-refractivity contribution in [3.05, 3.63) is 0 Å². The zero-order valence-electron chi connectivity index (χ0n) is 13.4. The minimum Gasteiger partial charge on any atom is -0.479 e. The van der Waals surface area contributed by atoms with Crippen LogP contribution in [0.4, 0.5) is 0 Å². The van der Waals surface area contributed by atoms with Crippen LogP contribution in [0.25, 0.3) is 0 Å². The smallest absolute Gasteiger partial charge is 0.335 e. The molecule has 1 rings (SSSR count). The maximum atomic E-state index is 11.4. The number of ether oxygens (including phenoxy) is 3. The lowest BCUT2D eigenvalue weighted by Gasteiger charge is -2.47. The van der Waals surface area contributed by atoms with Crippen LogP contribution in [0.2, 0.25) is 0 Å². The predicted octanol–water partition coefficient (Wildman–Crippen LogP) is 0.169. The summed E-state index contributed by atoms with van der Waals surface area (Å²) in [5.41, 5.74) is -1.65. The molecule has 0 radical (unpaired) electrons. The van der Waals surface area contributed by atoms with E-state index in [2.05, 4.69) is 0 Å². The maximum Gasteiger partial charge on any atom is 0.335 e. The second-order valence-electron chi connectivity index (χ2n) is 6.80. The average Bonchev–Trinajstić information content (AvgIpc) is 2.33. The molecule has 0 aliphatic carbocycles. The van der Waals surface area contributed by atoms with E-state index in [0.29, 0.717) is 0 Å². The van der Waals surface area contributed by atoms with Crippen LogP contribution in [0.5, 0.6) is 0 Å². The minimum absolute atomic E-state index is 0.688. The van der Waals surface area contributed by atoms with E-state index in [1.54, 1.807) is 34.6 Å². The number of hydrogen-bond acceptors (Lipinski definition) is 6. The van der Waals surface area contributed by atoms with Crippen molar-refractivity contribution in [2.45, 2.75) is 76.3 Å². The molecule has 0 saturated carbocycles. The molecule has 124 valence electrons. The number of carboxylic acids is 1. The third-order valence-electron chi connectivity index (χ3n) is 3.53. The molecule has 0 unspecified atom stereocenters. The summed E-state index contributed by atoms with van der Waals surface area (Å²) in [6.07, 6.45) is -6.25. The second-order valence-corrected chi connectivity index (χ2v) is 6.80. The Hall–Kier alpha value is -0.730. The molecule has 5 atom stereocenters. The van der Waals surface area contributed by atoms with Gasteiger partial charge in [0.05, 0.1) is 11.2 Å². The predicted molar refractivity (Wildman–Crippen MR) is 74.0 cm³/mol. The number of carbonyl (C=O) groups is 1. The molecular formula is C14H26O7. The zero-order valence-corrected chi connectivity index (χ0v) is 13.4. The van der Waals surface area contributed by atoms with E-state index >= 15 is 0 Å². The maximum absolute atomic E-state index is 11.4. The van der Waals surface area contributed by atoms with E-state index in [4.69, 9.17) is 14.2 Å². The van der Waals surface area contributed by atoms with Gasteiger partial charge in [0, 0.05) is 7.11 Å². The first-order chi connectivity index (χ1) is 9.40. The van der Waals surface area contributed by atoms with Gasteiger partial charge in [-0.2, -0.15) is 0 Å². The monoisotopic (exact) mass is 306 g/mol. The third-order valence-corrected chi connectivity index (χ3v) is 3.53. The van der Waals surface area contributed by atoms with Crippen molar-refractivity contribution in [3.8, 4) is 0 Å². The van der Waals surface area contributed by atoms with E-state index < -0.39 is 47.7 Å². The molecular weight excluding hydrogens is 280 g/mol. The zero-order chi connectivity index (χ0) is 16.6. The third kappa shape index (κ3) is 4.14. The molecule has 1 fully saturated rings. The Bertz CT molecular complexity index is 374. The Balaban J connectivity index is 3.08. The number of aliphatic carboxylic acids is 1. The summed E-state index contributed by atoms with van der Waals surface area (Å²) in [7, 11) is 1.43. The number of methoxy groups -OCH3 is 1. The van der Waals surface area contributed by atoms with Crippen molar-refractivity contribution < 1.29 is 34.3 Å². The Morgan fingerprint density at radius 3 is 2.00 bits per heavy atom. The Morgan fingerprint density at radius 1 is 1.10 bits per heavy atom. The van der Waals surface area contributed by atoms with Crippen molar-refractivity contribution in [1.82, 2.24) is 0 Å². The van der Waals surface area contributed by atoms with Gasteiger partial charge in [0.25, 0.3) is 0 Å². The van der Waals surface area contributed by atoms with Gasteiger partial charge in [-0.1, -0.05) is 0 Å². The van der Waals surface area contributed by atoms with Gasteiger partial charge in [0.2, 0.25) is 0 Å². The van der Waals surface area contributed by atoms with Gasteiger partial charge in [0.15, 0.2) is 6.10 Å². The van der Waals surface area contributed by atoms with Crippen molar-refractivity contribution in [2.75, 3.05) is 7.11 Å². The van der Waals surface area contributed by atoms with Crippen LogP contribution < -0.4 is 0 Å². The topological polar surface area (TPSA) is 105 Å². The lowest BCUT2D eigenvalue weighted by molar-refractivity contribution is -0.282. The molecule has 1 aliphatic rings. The summed E-state index contributed by atoms with van der Waals surface area (Å²) in [5, 5.41) is 29.8. The SMILES string of the molecule is COC(C)(C)[C@@H]1O[C@@H](C(=O)O)[C@@H](OC(C)(C)C)[C@H](O)[C@@H]1O. The van der Waals surface area contributed by atoms with Gasteiger partial charge >= 0.3 is 5.97 Å². The lowest BCUT2D eigenvalue weighted by atomic mass is 9.86. The molecule has 7 heteroatoms. The molecule has 0 bridgehead atoms. The number of rotatable bonds is 4. The first kappa shape index (κ1) is 18.3. The standard InChI is InChI=1S/C14H26O7/c1-13(2,3)21-9-7(15)8(16)11(14(4,5)19-6)20-10(9)12(17)18/h7-11,15-16H,1-6H3,(H,17,18)/t7-,8+,9+,10-,11-/m1/s1. The van der Waals surface area contributed by atoms with Crippen molar-refractivity contribution >= 4 is 5.97 Å². The average molecular weight is 306 g/mol. The molecule has 1 saturated heterocycles. The van der Waals surface area contributed by atoms with E-state index in [-0.39, 0.29) is 0 Å². The fourth-order valence-electron chi connectivity index (χ4n) is 2.30. The number of carboxylic acid groups (broad SMARTS) is 1. The van der Waals surface area contributed by atoms with Crippen molar-refractivity contribution in [1.29, 1.82) is 0 Å². The Kier molecular flexibility index (Phi) is 5.39. The van der Waals surface area contributed by atoms with Crippen LogP contribution in [-0.4, -0.2) is 70.1 Å². The summed E-state index contributed by atoms with van der Waals surface area (Å²) in [5.74, 6) is -1.26. The largest absolute Gasteiger partial charge is 0.479 e. The van der Waals surface area contributed by atoms with Crippen molar-refractivity contribution in [3.63, 3.8) is 0 Å². The van der Waals surface area contributed by atoms with Crippen LogP contribution in [-0.2, 0) is 19.0 Å². The van der Waals surface area contributed by atoms with Crippen LogP contribution in [0.1, 0.15) is 34.6 Å². The number of aliphatic hydroxyl groups excluding tert-OH is 2. The highest BCUT2D eigenvalue weighted by Gasteiger charge is 2.53. The summed E-state index contributed by atoms with van der Waals surface area (Å²) in [6.45, 7) is 8.50.